The number of nitrogens with one attached hydrogen (secondary N) is 2. The van der Waals surface area contributed by atoms with Crippen LogP contribution in [0.1, 0.15) is 93.6 Å². The molecule has 13 heteroatoms. The van der Waals surface area contributed by atoms with E-state index in [1.165, 1.54) is 7.11 Å². The predicted octanol–water partition coefficient (Wildman–Crippen LogP) is 4.22. The average molecular weight is 774 g/mol. The highest BCUT2D eigenvalue weighted by atomic mass is 16.5. The number of likely N-dealkylation sites (tertiary alicyclic amines) is 1. The average Bonchev–Trinajstić information content (AvgIpc) is 3.62. The van der Waals surface area contributed by atoms with Crippen LogP contribution in [-0.4, -0.2) is 133 Å². The summed E-state index contributed by atoms with van der Waals surface area (Å²) in [6.07, 6.45) is 0.808. The van der Waals surface area contributed by atoms with Crippen molar-refractivity contribution in [1.82, 2.24) is 25.3 Å². The van der Waals surface area contributed by atoms with Crippen molar-refractivity contribution < 1.29 is 38.6 Å². The summed E-state index contributed by atoms with van der Waals surface area (Å²) < 4.78 is 11.9. The van der Waals surface area contributed by atoms with Gasteiger partial charge in [-0.05, 0) is 57.1 Å². The summed E-state index contributed by atoms with van der Waals surface area (Å²) in [4.78, 5) is 73.3. The molecule has 0 aliphatic carbocycles. The Bertz CT molecular complexity index is 1390. The van der Waals surface area contributed by atoms with Crippen LogP contribution in [0.5, 0.6) is 0 Å². The van der Waals surface area contributed by atoms with E-state index in [9.17, 15) is 29.1 Å². The molecule has 1 aliphatic rings. The number of aliphatic carboxylic acids is 1. The number of amides is 4. The number of carbonyl (C=O) groups is 5. The highest BCUT2D eigenvalue weighted by Gasteiger charge is 2.43. The third-order valence-corrected chi connectivity index (χ3v) is 11.5. The summed E-state index contributed by atoms with van der Waals surface area (Å²) in [5.74, 6) is -3.21. The number of hydrogen-bond acceptors (Lipinski definition) is 8. The van der Waals surface area contributed by atoms with Gasteiger partial charge in [-0.3, -0.25) is 24.1 Å². The van der Waals surface area contributed by atoms with E-state index in [0.29, 0.717) is 19.4 Å². The Morgan fingerprint density at radius 3 is 2.00 bits per heavy atom. The van der Waals surface area contributed by atoms with Crippen LogP contribution in [-0.2, 0) is 39.9 Å². The van der Waals surface area contributed by atoms with E-state index in [1.54, 1.807) is 30.9 Å². The van der Waals surface area contributed by atoms with E-state index in [1.807, 2.05) is 97.7 Å². The molecule has 0 spiro atoms. The second kappa shape index (κ2) is 22.3. The SMILES string of the molecule is CC[C@H](C)[C@@H](C(CC(=O)N1CCC[C@H]1[C@H](OC)[C@@H](C)C(=O)N[C@@H](Cc1ccccc1)C(=O)O)OC)N(C)C(=O)[C@@H](NC(=O)[C@H](C(C)C)N(C)C(C)C)C(C)C. The monoisotopic (exact) mass is 774 g/mol. The molecule has 2 rings (SSSR count). The zero-order valence-electron chi connectivity index (χ0n) is 35.7. The Hall–Kier alpha value is -3.55. The van der Waals surface area contributed by atoms with E-state index >= 15 is 0 Å². The number of rotatable bonds is 22. The Morgan fingerprint density at radius 2 is 1.51 bits per heavy atom. The molecular formula is C42H71N5O8. The zero-order chi connectivity index (χ0) is 41.7. The molecule has 55 heavy (non-hydrogen) atoms. The van der Waals surface area contributed by atoms with Gasteiger partial charge >= 0.3 is 5.97 Å². The summed E-state index contributed by atoms with van der Waals surface area (Å²) in [5.41, 5.74) is 0.785. The highest BCUT2D eigenvalue weighted by Crippen LogP contribution is 2.30. The van der Waals surface area contributed by atoms with Gasteiger partial charge in [0.1, 0.15) is 12.1 Å². The summed E-state index contributed by atoms with van der Waals surface area (Å²) >= 11 is 0. The van der Waals surface area contributed by atoms with Crippen LogP contribution in [0.4, 0.5) is 0 Å². The van der Waals surface area contributed by atoms with Gasteiger partial charge in [0.05, 0.1) is 42.7 Å². The maximum Gasteiger partial charge on any atom is 0.326 e. The second-order valence-corrected chi connectivity index (χ2v) is 16.4. The number of carboxylic acids is 1. The molecule has 4 amide bonds. The number of methoxy groups -OCH3 is 2. The van der Waals surface area contributed by atoms with Crippen molar-refractivity contribution in [1.29, 1.82) is 0 Å². The van der Waals surface area contributed by atoms with Crippen LogP contribution >= 0.6 is 0 Å². The Labute approximate surface area is 330 Å². The molecule has 9 atom stereocenters. The van der Waals surface area contributed by atoms with Crippen LogP contribution < -0.4 is 10.6 Å². The lowest BCUT2D eigenvalue weighted by molar-refractivity contribution is -0.148. The van der Waals surface area contributed by atoms with Crippen LogP contribution in [0.15, 0.2) is 30.3 Å². The standard InChI is InChI=1S/C42H71N5O8/c1-14-28(8)37(46(11)41(51)35(25(2)3)44-40(50)36(26(4)5)45(10)27(6)7)33(54-12)24-34(48)47-22-18-21-32(47)38(55-13)29(9)39(49)43-31(42(52)53)23-30-19-16-15-17-20-30/h15-17,19-20,25-29,31-33,35-38H,14,18,21-24H2,1-13H3,(H,43,49)(H,44,50)(H,52,53)/t28-,29+,31-,32-,33?,35-,36-,37-,38+/m0/s1. The lowest BCUT2D eigenvalue weighted by Gasteiger charge is -2.41. The summed E-state index contributed by atoms with van der Waals surface area (Å²) in [6, 6.07) is 6.00. The quantitative estimate of drug-likeness (QED) is 0.157. The minimum absolute atomic E-state index is 0.0118. The molecule has 1 aromatic carbocycles. The van der Waals surface area contributed by atoms with Crippen molar-refractivity contribution in [2.24, 2.45) is 23.7 Å². The third kappa shape index (κ3) is 12.7. The molecule has 1 fully saturated rings. The molecular weight excluding hydrogens is 702 g/mol. The number of carbonyl (C=O) groups excluding carboxylic acids is 4. The van der Waals surface area contributed by atoms with Crippen LogP contribution in [0.2, 0.25) is 0 Å². The molecule has 1 aliphatic heterocycles. The molecule has 1 aromatic rings. The van der Waals surface area contributed by atoms with E-state index in [2.05, 4.69) is 10.6 Å². The van der Waals surface area contributed by atoms with Gasteiger partial charge < -0.3 is 35.0 Å². The molecule has 0 radical (unpaired) electrons. The fraction of sp³-hybridized carbons (Fsp3) is 0.738. The molecule has 1 saturated heterocycles. The van der Waals surface area contributed by atoms with E-state index < -0.39 is 60.2 Å². The Kier molecular flexibility index (Phi) is 19.3. The van der Waals surface area contributed by atoms with Gasteiger partial charge in [0.15, 0.2) is 0 Å². The smallest absolute Gasteiger partial charge is 0.326 e. The Morgan fingerprint density at radius 1 is 0.891 bits per heavy atom. The second-order valence-electron chi connectivity index (χ2n) is 16.4. The highest BCUT2D eigenvalue weighted by molar-refractivity contribution is 5.90. The van der Waals surface area contributed by atoms with Gasteiger partial charge in [-0.1, -0.05) is 85.2 Å². The fourth-order valence-corrected chi connectivity index (χ4v) is 7.91. The van der Waals surface area contributed by atoms with Gasteiger partial charge in [0.2, 0.25) is 23.6 Å². The van der Waals surface area contributed by atoms with Crippen molar-refractivity contribution in [3.8, 4) is 0 Å². The molecule has 0 aromatic heterocycles. The van der Waals surface area contributed by atoms with Crippen molar-refractivity contribution in [2.75, 3.05) is 34.9 Å². The minimum atomic E-state index is -1.14. The first-order chi connectivity index (χ1) is 25.8. The first-order valence-corrected chi connectivity index (χ1v) is 20.0. The number of nitrogens with zero attached hydrogens (tertiary/aromatic N) is 3. The summed E-state index contributed by atoms with van der Waals surface area (Å²) in [5, 5.41) is 15.7. The van der Waals surface area contributed by atoms with E-state index in [0.717, 1.165) is 12.0 Å². The molecule has 1 unspecified atom stereocenters. The molecule has 13 nitrogen and oxygen atoms in total. The van der Waals surface area contributed by atoms with E-state index in [-0.39, 0.29) is 54.4 Å². The molecule has 0 saturated carbocycles. The van der Waals surface area contributed by atoms with Crippen LogP contribution in [0.3, 0.4) is 0 Å². The van der Waals surface area contributed by atoms with Gasteiger partial charge in [-0.2, -0.15) is 0 Å². The van der Waals surface area contributed by atoms with Crippen molar-refractivity contribution in [2.45, 2.75) is 143 Å². The van der Waals surface area contributed by atoms with Crippen LogP contribution in [0, 0.1) is 23.7 Å². The first kappa shape index (κ1) is 47.6. The molecule has 1 heterocycles. The molecule has 312 valence electrons. The first-order valence-electron chi connectivity index (χ1n) is 20.0. The maximum atomic E-state index is 14.3. The summed E-state index contributed by atoms with van der Waals surface area (Å²) in [7, 11) is 6.69. The van der Waals surface area contributed by atoms with Crippen molar-refractivity contribution in [3.05, 3.63) is 35.9 Å². The number of hydrogen-bond donors (Lipinski definition) is 3. The third-order valence-electron chi connectivity index (χ3n) is 11.5. The zero-order valence-corrected chi connectivity index (χ0v) is 35.7. The Balaban J connectivity index is 2.29. The lowest BCUT2D eigenvalue weighted by Crippen LogP contribution is -2.60. The van der Waals surface area contributed by atoms with Gasteiger partial charge in [0, 0.05) is 40.3 Å². The van der Waals surface area contributed by atoms with Crippen molar-refractivity contribution >= 4 is 29.6 Å². The molecule has 3 N–H and O–H groups in total. The number of ether oxygens (including phenoxy) is 2. The topological polar surface area (TPSA) is 158 Å². The minimum Gasteiger partial charge on any atom is -0.480 e. The fourth-order valence-electron chi connectivity index (χ4n) is 7.91. The van der Waals surface area contributed by atoms with E-state index in [4.69, 9.17) is 9.47 Å². The molecule has 0 bridgehead atoms. The summed E-state index contributed by atoms with van der Waals surface area (Å²) in [6.45, 7) is 18.1. The normalized spacial score (nSPS) is 19.1. The van der Waals surface area contributed by atoms with Gasteiger partial charge in [-0.25, -0.2) is 4.79 Å². The van der Waals surface area contributed by atoms with Crippen LogP contribution in [0.25, 0.3) is 0 Å². The van der Waals surface area contributed by atoms with Gasteiger partial charge in [0.25, 0.3) is 0 Å². The number of carboxylic acid groups (broad SMARTS) is 1. The predicted molar refractivity (Wildman–Crippen MR) is 214 cm³/mol. The number of benzene rings is 1. The maximum absolute atomic E-state index is 14.3. The van der Waals surface area contributed by atoms with Crippen molar-refractivity contribution in [3.63, 3.8) is 0 Å². The largest absolute Gasteiger partial charge is 0.480 e. The van der Waals surface area contributed by atoms with Gasteiger partial charge in [-0.15, -0.1) is 0 Å². The lowest BCUT2D eigenvalue weighted by atomic mass is 9.89. The number of likely N-dealkylation sites (N-methyl/N-ethyl adjacent to an activating group) is 2.